The third-order valence-electron chi connectivity index (χ3n) is 1.98. The molecule has 0 aliphatic carbocycles. The van der Waals surface area contributed by atoms with Gasteiger partial charge in [-0.25, -0.2) is 0 Å². The average molecular weight is 179 g/mol. The normalized spacial score (nSPS) is 12.8. The molecule has 0 bridgehead atoms. The summed E-state index contributed by atoms with van der Waals surface area (Å²) >= 11 is 0. The minimum absolute atomic E-state index is 0.281. The fourth-order valence-corrected chi connectivity index (χ4v) is 0.946. The van der Waals surface area contributed by atoms with Gasteiger partial charge in [-0.05, 0) is 18.9 Å². The molecule has 1 rings (SSSR count). The highest BCUT2D eigenvalue weighted by Crippen LogP contribution is 1.98. The van der Waals surface area contributed by atoms with Gasteiger partial charge >= 0.3 is 0 Å². The van der Waals surface area contributed by atoms with Crippen molar-refractivity contribution in [2.45, 2.75) is 32.9 Å². The summed E-state index contributed by atoms with van der Waals surface area (Å²) in [4.78, 5) is 5.35. The quantitative estimate of drug-likeness (QED) is 0.701. The van der Waals surface area contributed by atoms with Crippen LogP contribution in [-0.2, 0) is 11.4 Å². The molecular formula is C11H17NO. The van der Waals surface area contributed by atoms with E-state index in [9.17, 15) is 0 Å². The van der Waals surface area contributed by atoms with Gasteiger partial charge in [0.25, 0.3) is 0 Å². The van der Waals surface area contributed by atoms with Gasteiger partial charge in [0.1, 0.15) is 0 Å². The number of hydroxylamine groups is 1. The van der Waals surface area contributed by atoms with E-state index in [1.165, 1.54) is 5.56 Å². The Morgan fingerprint density at radius 1 is 1.31 bits per heavy atom. The second kappa shape index (κ2) is 5.73. The molecule has 0 fully saturated rings. The standard InChI is InChI=1S/C11H17NO/c1-3-10(2)13-12-9-11-7-5-4-6-8-11/h4-8,10,12H,3,9H2,1-2H3. The highest BCUT2D eigenvalue weighted by molar-refractivity contribution is 5.13. The van der Waals surface area contributed by atoms with Gasteiger partial charge in [0.15, 0.2) is 0 Å². The molecule has 0 saturated carbocycles. The Bertz CT molecular complexity index is 223. The van der Waals surface area contributed by atoms with E-state index in [2.05, 4.69) is 31.5 Å². The highest BCUT2D eigenvalue weighted by atomic mass is 16.7. The van der Waals surface area contributed by atoms with Crippen LogP contribution in [0.1, 0.15) is 25.8 Å². The molecule has 72 valence electrons. The maximum atomic E-state index is 5.35. The first-order valence-corrected chi connectivity index (χ1v) is 4.75. The van der Waals surface area contributed by atoms with Gasteiger partial charge in [0.05, 0.1) is 6.10 Å². The van der Waals surface area contributed by atoms with Gasteiger partial charge in [-0.2, -0.15) is 5.48 Å². The zero-order valence-electron chi connectivity index (χ0n) is 8.29. The molecule has 1 aromatic carbocycles. The van der Waals surface area contributed by atoms with Crippen LogP contribution in [0.5, 0.6) is 0 Å². The molecule has 2 heteroatoms. The van der Waals surface area contributed by atoms with Crippen LogP contribution in [0.4, 0.5) is 0 Å². The zero-order chi connectivity index (χ0) is 9.52. The lowest BCUT2D eigenvalue weighted by molar-refractivity contribution is -0.0202. The Morgan fingerprint density at radius 3 is 2.62 bits per heavy atom. The lowest BCUT2D eigenvalue weighted by Crippen LogP contribution is -2.20. The van der Waals surface area contributed by atoms with Crippen molar-refractivity contribution in [3.63, 3.8) is 0 Å². The Balaban J connectivity index is 2.20. The van der Waals surface area contributed by atoms with E-state index in [0.29, 0.717) is 0 Å². The molecule has 1 unspecified atom stereocenters. The zero-order valence-corrected chi connectivity index (χ0v) is 8.29. The van der Waals surface area contributed by atoms with Crippen LogP contribution in [0, 0.1) is 0 Å². The van der Waals surface area contributed by atoms with Gasteiger partial charge < -0.3 is 0 Å². The van der Waals surface area contributed by atoms with Crippen molar-refractivity contribution in [1.29, 1.82) is 0 Å². The number of rotatable bonds is 5. The smallest absolute Gasteiger partial charge is 0.0759 e. The molecule has 0 amide bonds. The van der Waals surface area contributed by atoms with Crippen LogP contribution in [0.2, 0.25) is 0 Å². The van der Waals surface area contributed by atoms with Crippen molar-refractivity contribution in [1.82, 2.24) is 5.48 Å². The third-order valence-corrected chi connectivity index (χ3v) is 1.98. The Labute approximate surface area is 79.9 Å². The molecule has 0 heterocycles. The predicted molar refractivity (Wildman–Crippen MR) is 54.1 cm³/mol. The SMILES string of the molecule is CCC(C)ONCc1ccccc1. The van der Waals surface area contributed by atoms with Crippen LogP contribution in [0.25, 0.3) is 0 Å². The fraction of sp³-hybridized carbons (Fsp3) is 0.455. The summed E-state index contributed by atoms with van der Waals surface area (Å²) in [6, 6.07) is 10.2. The number of hydrogen-bond donors (Lipinski definition) is 1. The first-order valence-electron chi connectivity index (χ1n) is 4.75. The van der Waals surface area contributed by atoms with Gasteiger partial charge in [-0.3, -0.25) is 4.84 Å². The Kier molecular flexibility index (Phi) is 4.50. The molecule has 13 heavy (non-hydrogen) atoms. The monoisotopic (exact) mass is 179 g/mol. The van der Waals surface area contributed by atoms with Gasteiger partial charge in [-0.15, -0.1) is 0 Å². The minimum atomic E-state index is 0.281. The molecule has 0 saturated heterocycles. The first kappa shape index (κ1) is 10.2. The van der Waals surface area contributed by atoms with Crippen molar-refractivity contribution >= 4 is 0 Å². The molecule has 0 aromatic heterocycles. The summed E-state index contributed by atoms with van der Waals surface area (Å²) in [6.45, 7) is 4.93. The molecule has 0 aliphatic heterocycles. The lowest BCUT2D eigenvalue weighted by Gasteiger charge is -2.10. The summed E-state index contributed by atoms with van der Waals surface area (Å²) in [5.74, 6) is 0. The summed E-state index contributed by atoms with van der Waals surface area (Å²) < 4.78 is 0. The topological polar surface area (TPSA) is 21.3 Å². The molecule has 1 N–H and O–H groups in total. The average Bonchev–Trinajstić information content (AvgIpc) is 2.19. The van der Waals surface area contributed by atoms with Crippen LogP contribution in [0.15, 0.2) is 30.3 Å². The van der Waals surface area contributed by atoms with Gasteiger partial charge in [0.2, 0.25) is 0 Å². The molecule has 1 aromatic rings. The second-order valence-corrected chi connectivity index (χ2v) is 3.14. The summed E-state index contributed by atoms with van der Waals surface area (Å²) in [6.07, 6.45) is 1.31. The summed E-state index contributed by atoms with van der Waals surface area (Å²) in [7, 11) is 0. The Hall–Kier alpha value is -0.860. The van der Waals surface area contributed by atoms with Crippen molar-refractivity contribution < 1.29 is 4.84 Å². The van der Waals surface area contributed by atoms with Crippen molar-refractivity contribution in [2.75, 3.05) is 0 Å². The molecule has 0 spiro atoms. The van der Waals surface area contributed by atoms with Gasteiger partial charge in [-0.1, -0.05) is 37.3 Å². The first-order chi connectivity index (χ1) is 6.33. The van der Waals surface area contributed by atoms with E-state index in [1.54, 1.807) is 0 Å². The number of nitrogens with one attached hydrogen (secondary N) is 1. The summed E-state index contributed by atoms with van der Waals surface area (Å²) in [5.41, 5.74) is 4.19. The minimum Gasteiger partial charge on any atom is -0.298 e. The molecule has 0 aliphatic rings. The molecule has 2 nitrogen and oxygen atoms in total. The second-order valence-electron chi connectivity index (χ2n) is 3.14. The molecule has 1 atom stereocenters. The van der Waals surface area contributed by atoms with E-state index < -0.39 is 0 Å². The van der Waals surface area contributed by atoms with Crippen LogP contribution < -0.4 is 5.48 Å². The van der Waals surface area contributed by atoms with E-state index in [4.69, 9.17) is 4.84 Å². The van der Waals surface area contributed by atoms with Crippen molar-refractivity contribution in [2.24, 2.45) is 0 Å². The van der Waals surface area contributed by atoms with E-state index in [0.717, 1.165) is 13.0 Å². The largest absolute Gasteiger partial charge is 0.298 e. The van der Waals surface area contributed by atoms with Crippen molar-refractivity contribution in [3.8, 4) is 0 Å². The van der Waals surface area contributed by atoms with E-state index >= 15 is 0 Å². The van der Waals surface area contributed by atoms with Crippen molar-refractivity contribution in [3.05, 3.63) is 35.9 Å². The van der Waals surface area contributed by atoms with Crippen LogP contribution in [0.3, 0.4) is 0 Å². The van der Waals surface area contributed by atoms with E-state index in [1.807, 2.05) is 18.2 Å². The van der Waals surface area contributed by atoms with Crippen LogP contribution in [-0.4, -0.2) is 6.10 Å². The van der Waals surface area contributed by atoms with Gasteiger partial charge in [0, 0.05) is 6.54 Å². The fourth-order valence-electron chi connectivity index (χ4n) is 0.946. The Morgan fingerprint density at radius 2 is 2.00 bits per heavy atom. The summed E-state index contributed by atoms with van der Waals surface area (Å²) in [5, 5.41) is 0. The number of benzene rings is 1. The van der Waals surface area contributed by atoms with Crippen LogP contribution >= 0.6 is 0 Å². The predicted octanol–water partition coefficient (Wildman–Crippen LogP) is 2.51. The molecular weight excluding hydrogens is 162 g/mol. The third kappa shape index (κ3) is 4.06. The maximum absolute atomic E-state index is 5.35. The lowest BCUT2D eigenvalue weighted by atomic mass is 10.2. The maximum Gasteiger partial charge on any atom is 0.0759 e. The highest BCUT2D eigenvalue weighted by Gasteiger charge is 1.97. The molecule has 0 radical (unpaired) electrons. The van der Waals surface area contributed by atoms with E-state index in [-0.39, 0.29) is 6.10 Å². The number of hydrogen-bond acceptors (Lipinski definition) is 2.